The second kappa shape index (κ2) is 5.75. The van der Waals surface area contributed by atoms with Crippen molar-refractivity contribution in [2.75, 3.05) is 0 Å². The van der Waals surface area contributed by atoms with Gasteiger partial charge in [0.15, 0.2) is 4.34 Å². The van der Waals surface area contributed by atoms with Crippen molar-refractivity contribution in [3.63, 3.8) is 0 Å². The van der Waals surface area contributed by atoms with Crippen LogP contribution in [0.5, 0.6) is 0 Å². The minimum absolute atomic E-state index is 0.660. The molecule has 1 heterocycles. The molecule has 0 aliphatic rings. The Kier molecular flexibility index (Phi) is 4.31. The van der Waals surface area contributed by atoms with E-state index in [9.17, 15) is 4.79 Å². The van der Waals surface area contributed by atoms with Gasteiger partial charge in [0.05, 0.1) is 0 Å². The van der Waals surface area contributed by atoms with E-state index in [-0.39, 0.29) is 0 Å². The van der Waals surface area contributed by atoms with Gasteiger partial charge in [0, 0.05) is 21.4 Å². The van der Waals surface area contributed by atoms with Crippen molar-refractivity contribution in [1.82, 2.24) is 9.36 Å². The number of carbonyl (C=O) groups excluding carboxylic acids is 1. The van der Waals surface area contributed by atoms with Crippen LogP contribution in [0.2, 0.25) is 0 Å². The predicted octanol–water partition coefficient (Wildman–Crippen LogP) is 3.83. The quantitative estimate of drug-likeness (QED) is 0.800. The van der Waals surface area contributed by atoms with E-state index < -0.39 is 0 Å². The molecular formula is C11H9BrN2OS2. The maximum atomic E-state index is 10.6. The molecule has 0 saturated heterocycles. The first-order valence-corrected chi connectivity index (χ1v) is 7.36. The van der Waals surface area contributed by atoms with Crippen LogP contribution in [0.15, 0.2) is 31.9 Å². The lowest BCUT2D eigenvalue weighted by molar-refractivity contribution is 0.112. The minimum atomic E-state index is 0.660. The number of benzene rings is 1. The van der Waals surface area contributed by atoms with Gasteiger partial charge in [0.2, 0.25) is 0 Å². The SMILES string of the molecule is CCc1nsc(Sc2ccc(C=O)cc2Br)n1. The maximum absolute atomic E-state index is 10.6. The topological polar surface area (TPSA) is 42.9 Å². The lowest BCUT2D eigenvalue weighted by atomic mass is 10.2. The largest absolute Gasteiger partial charge is 0.298 e. The summed E-state index contributed by atoms with van der Waals surface area (Å²) in [6, 6.07) is 5.50. The number of hydrogen-bond donors (Lipinski definition) is 0. The lowest BCUT2D eigenvalue weighted by Crippen LogP contribution is -1.83. The van der Waals surface area contributed by atoms with Gasteiger partial charge in [-0.15, -0.1) is 0 Å². The first-order chi connectivity index (χ1) is 8.22. The van der Waals surface area contributed by atoms with Gasteiger partial charge in [-0.3, -0.25) is 4.79 Å². The molecule has 17 heavy (non-hydrogen) atoms. The van der Waals surface area contributed by atoms with Crippen LogP contribution in [-0.4, -0.2) is 15.6 Å². The molecule has 6 heteroatoms. The van der Waals surface area contributed by atoms with Gasteiger partial charge in [-0.25, -0.2) is 4.98 Å². The van der Waals surface area contributed by atoms with E-state index in [1.165, 1.54) is 11.5 Å². The van der Waals surface area contributed by atoms with E-state index in [1.54, 1.807) is 23.9 Å². The molecule has 2 rings (SSSR count). The fourth-order valence-corrected chi connectivity index (χ4v) is 3.49. The van der Waals surface area contributed by atoms with E-state index in [0.29, 0.717) is 5.56 Å². The van der Waals surface area contributed by atoms with Gasteiger partial charge in [-0.05, 0) is 39.6 Å². The third-order valence-electron chi connectivity index (χ3n) is 2.05. The van der Waals surface area contributed by atoms with Gasteiger partial charge in [0.1, 0.15) is 12.1 Å². The molecule has 0 aliphatic heterocycles. The normalized spacial score (nSPS) is 10.5. The molecule has 0 spiro atoms. The van der Waals surface area contributed by atoms with Crippen molar-refractivity contribution in [2.24, 2.45) is 0 Å². The molecule has 0 radical (unpaired) electrons. The second-order valence-corrected chi connectivity index (χ2v) is 6.14. The highest BCUT2D eigenvalue weighted by Gasteiger charge is 2.08. The molecule has 0 bridgehead atoms. The average Bonchev–Trinajstić information content (AvgIpc) is 2.79. The van der Waals surface area contributed by atoms with Gasteiger partial charge < -0.3 is 0 Å². The molecule has 0 amide bonds. The monoisotopic (exact) mass is 328 g/mol. The molecular weight excluding hydrogens is 320 g/mol. The molecule has 3 nitrogen and oxygen atoms in total. The number of nitrogens with zero attached hydrogens (tertiary/aromatic N) is 2. The summed E-state index contributed by atoms with van der Waals surface area (Å²) >= 11 is 6.40. The van der Waals surface area contributed by atoms with Crippen LogP contribution in [0.1, 0.15) is 23.1 Å². The number of aromatic nitrogens is 2. The summed E-state index contributed by atoms with van der Waals surface area (Å²) in [4.78, 5) is 16.0. The number of carbonyl (C=O) groups is 1. The maximum Gasteiger partial charge on any atom is 0.174 e. The molecule has 0 fully saturated rings. The first kappa shape index (κ1) is 12.7. The molecule has 1 aromatic heterocycles. The second-order valence-electron chi connectivity index (χ2n) is 3.24. The van der Waals surface area contributed by atoms with Gasteiger partial charge in [0.25, 0.3) is 0 Å². The van der Waals surface area contributed by atoms with Crippen molar-refractivity contribution in [2.45, 2.75) is 22.6 Å². The number of halogens is 1. The van der Waals surface area contributed by atoms with E-state index in [4.69, 9.17) is 0 Å². The summed E-state index contributed by atoms with van der Waals surface area (Å²) in [5.74, 6) is 0.873. The zero-order valence-corrected chi connectivity index (χ0v) is 12.2. The molecule has 1 aromatic carbocycles. The minimum Gasteiger partial charge on any atom is -0.298 e. The number of hydrogen-bond acceptors (Lipinski definition) is 5. The highest BCUT2D eigenvalue weighted by atomic mass is 79.9. The van der Waals surface area contributed by atoms with E-state index in [1.807, 2.05) is 13.0 Å². The van der Waals surface area contributed by atoms with Gasteiger partial charge >= 0.3 is 0 Å². The summed E-state index contributed by atoms with van der Waals surface area (Å²) in [7, 11) is 0. The Bertz CT molecular complexity index is 542. The van der Waals surface area contributed by atoms with Crippen molar-refractivity contribution in [1.29, 1.82) is 0 Å². The molecule has 0 unspecified atom stereocenters. The summed E-state index contributed by atoms with van der Waals surface area (Å²) < 4.78 is 6.05. The molecule has 0 atom stereocenters. The number of aldehydes is 1. The van der Waals surface area contributed by atoms with Crippen LogP contribution in [-0.2, 0) is 6.42 Å². The van der Waals surface area contributed by atoms with Crippen LogP contribution >= 0.6 is 39.2 Å². The average molecular weight is 329 g/mol. The highest BCUT2D eigenvalue weighted by molar-refractivity contribution is 9.10. The third kappa shape index (κ3) is 3.14. The fraction of sp³-hybridized carbons (Fsp3) is 0.182. The predicted molar refractivity (Wildman–Crippen MR) is 72.9 cm³/mol. The van der Waals surface area contributed by atoms with Crippen LogP contribution in [0.4, 0.5) is 0 Å². The van der Waals surface area contributed by atoms with E-state index in [0.717, 1.165) is 32.2 Å². The summed E-state index contributed by atoms with van der Waals surface area (Å²) in [6.07, 6.45) is 1.68. The van der Waals surface area contributed by atoms with Crippen molar-refractivity contribution in [3.8, 4) is 0 Å². The Morgan fingerprint density at radius 3 is 2.94 bits per heavy atom. The standard InChI is InChI=1S/C11H9BrN2OS2/c1-2-10-13-11(17-14-10)16-9-4-3-7(6-15)5-8(9)12/h3-6H,2H2,1H3. The molecule has 0 saturated carbocycles. The zero-order valence-electron chi connectivity index (χ0n) is 9.01. The van der Waals surface area contributed by atoms with Crippen molar-refractivity contribution >= 4 is 45.5 Å². The van der Waals surface area contributed by atoms with Gasteiger partial charge in [-0.2, -0.15) is 4.37 Å². The summed E-state index contributed by atoms with van der Waals surface area (Å²) in [5, 5.41) is 0. The lowest BCUT2D eigenvalue weighted by Gasteiger charge is -2.01. The van der Waals surface area contributed by atoms with Crippen molar-refractivity contribution < 1.29 is 4.79 Å². The Balaban J connectivity index is 2.20. The number of aryl methyl sites for hydroxylation is 1. The molecule has 0 N–H and O–H groups in total. The van der Waals surface area contributed by atoms with Gasteiger partial charge in [-0.1, -0.05) is 24.8 Å². The van der Waals surface area contributed by atoms with E-state index >= 15 is 0 Å². The molecule has 2 aromatic rings. The molecule has 0 aliphatic carbocycles. The smallest absolute Gasteiger partial charge is 0.174 e. The summed E-state index contributed by atoms with van der Waals surface area (Å²) in [5.41, 5.74) is 0.660. The third-order valence-corrected chi connectivity index (χ3v) is 4.84. The van der Waals surface area contributed by atoms with Crippen LogP contribution in [0.3, 0.4) is 0 Å². The number of rotatable bonds is 4. The Morgan fingerprint density at radius 1 is 1.53 bits per heavy atom. The van der Waals surface area contributed by atoms with Crippen molar-refractivity contribution in [3.05, 3.63) is 34.1 Å². The first-order valence-electron chi connectivity index (χ1n) is 4.98. The van der Waals surface area contributed by atoms with Crippen LogP contribution < -0.4 is 0 Å². The Labute approximate surface area is 116 Å². The Morgan fingerprint density at radius 2 is 2.35 bits per heavy atom. The molecule has 88 valence electrons. The Hall–Kier alpha value is -0.720. The fourth-order valence-electron chi connectivity index (χ4n) is 1.19. The van der Waals surface area contributed by atoms with Crippen LogP contribution in [0, 0.1) is 0 Å². The van der Waals surface area contributed by atoms with Crippen LogP contribution in [0.25, 0.3) is 0 Å². The zero-order chi connectivity index (χ0) is 12.3. The summed E-state index contributed by atoms with van der Waals surface area (Å²) in [6.45, 7) is 2.03. The van der Waals surface area contributed by atoms with E-state index in [2.05, 4.69) is 25.3 Å². The highest BCUT2D eigenvalue weighted by Crippen LogP contribution is 2.34.